The van der Waals surface area contributed by atoms with E-state index in [0.29, 0.717) is 24.7 Å². The Kier molecular flexibility index (Phi) is 6.79. The third-order valence-electron chi connectivity index (χ3n) is 4.04. The molecule has 0 saturated carbocycles. The summed E-state index contributed by atoms with van der Waals surface area (Å²) in [4.78, 5) is 16.0. The Hall–Kier alpha value is -3.60. The van der Waals surface area contributed by atoms with Crippen LogP contribution in [0.25, 0.3) is 6.08 Å². The molecule has 28 heavy (non-hydrogen) atoms. The maximum atomic E-state index is 12.0. The summed E-state index contributed by atoms with van der Waals surface area (Å²) in [7, 11) is 1.60. The largest absolute Gasteiger partial charge is 0.493 e. The van der Waals surface area contributed by atoms with Crippen LogP contribution in [0.1, 0.15) is 16.7 Å². The first-order valence-electron chi connectivity index (χ1n) is 8.94. The van der Waals surface area contributed by atoms with Crippen LogP contribution >= 0.6 is 0 Å². The van der Waals surface area contributed by atoms with E-state index in [4.69, 9.17) is 9.47 Å². The quantitative estimate of drug-likeness (QED) is 0.606. The van der Waals surface area contributed by atoms with Gasteiger partial charge in [-0.3, -0.25) is 9.78 Å². The minimum absolute atomic E-state index is 0.174. The fourth-order valence-electron chi connectivity index (χ4n) is 2.57. The van der Waals surface area contributed by atoms with Gasteiger partial charge in [-0.2, -0.15) is 0 Å². The van der Waals surface area contributed by atoms with E-state index < -0.39 is 0 Å². The molecule has 142 valence electrons. The highest BCUT2D eigenvalue weighted by atomic mass is 16.5. The summed E-state index contributed by atoms with van der Waals surface area (Å²) in [5.41, 5.74) is 2.88. The van der Waals surface area contributed by atoms with Gasteiger partial charge >= 0.3 is 0 Å². The second-order valence-corrected chi connectivity index (χ2v) is 6.10. The molecule has 3 rings (SSSR count). The Balaban J connectivity index is 1.55. The van der Waals surface area contributed by atoms with E-state index in [2.05, 4.69) is 10.3 Å². The molecule has 0 atom stereocenters. The van der Waals surface area contributed by atoms with Crippen LogP contribution in [0.3, 0.4) is 0 Å². The molecule has 5 heteroatoms. The molecular formula is C23H22N2O3. The molecule has 0 aliphatic heterocycles. The maximum absolute atomic E-state index is 12.0. The molecule has 0 fully saturated rings. The lowest BCUT2D eigenvalue weighted by atomic mass is 10.2. The summed E-state index contributed by atoms with van der Waals surface area (Å²) >= 11 is 0. The number of methoxy groups -OCH3 is 1. The normalized spacial score (nSPS) is 10.6. The predicted octanol–water partition coefficient (Wildman–Crippen LogP) is 4.00. The van der Waals surface area contributed by atoms with Crippen molar-refractivity contribution in [1.82, 2.24) is 10.3 Å². The van der Waals surface area contributed by atoms with Crippen molar-refractivity contribution in [2.45, 2.75) is 13.2 Å². The zero-order valence-electron chi connectivity index (χ0n) is 15.7. The van der Waals surface area contributed by atoms with Gasteiger partial charge in [-0.05, 0) is 41.0 Å². The Morgan fingerprint density at radius 2 is 1.89 bits per heavy atom. The number of nitrogens with one attached hydrogen (secondary N) is 1. The third-order valence-corrected chi connectivity index (χ3v) is 4.04. The zero-order chi connectivity index (χ0) is 19.6. The fourth-order valence-corrected chi connectivity index (χ4v) is 2.57. The van der Waals surface area contributed by atoms with Gasteiger partial charge in [0, 0.05) is 25.0 Å². The SMILES string of the molecule is COc1cc(CNC(=O)/C=C/c2cccnc2)ccc1OCc1ccccc1. The minimum atomic E-state index is -0.174. The van der Waals surface area contributed by atoms with Crippen LogP contribution in [-0.2, 0) is 17.9 Å². The molecule has 0 spiro atoms. The molecule has 5 nitrogen and oxygen atoms in total. The Labute approximate surface area is 164 Å². The molecule has 3 aromatic rings. The summed E-state index contributed by atoms with van der Waals surface area (Å²) < 4.78 is 11.3. The Morgan fingerprint density at radius 1 is 1.04 bits per heavy atom. The highest BCUT2D eigenvalue weighted by Crippen LogP contribution is 2.28. The first-order chi connectivity index (χ1) is 13.7. The number of ether oxygens (including phenoxy) is 2. The molecule has 0 unspecified atom stereocenters. The molecule has 2 aromatic carbocycles. The smallest absolute Gasteiger partial charge is 0.244 e. The van der Waals surface area contributed by atoms with Crippen molar-refractivity contribution >= 4 is 12.0 Å². The van der Waals surface area contributed by atoms with Crippen LogP contribution < -0.4 is 14.8 Å². The van der Waals surface area contributed by atoms with Gasteiger partial charge in [0.05, 0.1) is 7.11 Å². The lowest BCUT2D eigenvalue weighted by Crippen LogP contribution is -2.20. The lowest BCUT2D eigenvalue weighted by Gasteiger charge is -2.12. The summed E-state index contributed by atoms with van der Waals surface area (Å²) in [6, 6.07) is 19.3. The average Bonchev–Trinajstić information content (AvgIpc) is 2.76. The molecular weight excluding hydrogens is 352 g/mol. The highest BCUT2D eigenvalue weighted by molar-refractivity contribution is 5.91. The molecule has 0 bridgehead atoms. The standard InChI is InChI=1S/C23H22N2O3/c1-27-22-14-20(9-11-21(22)28-17-19-6-3-2-4-7-19)16-25-23(26)12-10-18-8-5-13-24-15-18/h2-15H,16-17H2,1H3,(H,25,26)/b12-10+. The number of pyridine rings is 1. The van der Waals surface area contributed by atoms with E-state index in [1.165, 1.54) is 6.08 Å². The fraction of sp³-hybridized carbons (Fsp3) is 0.130. The minimum Gasteiger partial charge on any atom is -0.493 e. The van der Waals surface area contributed by atoms with E-state index in [9.17, 15) is 4.79 Å². The van der Waals surface area contributed by atoms with Crippen LogP contribution in [0.5, 0.6) is 11.5 Å². The van der Waals surface area contributed by atoms with Crippen molar-refractivity contribution in [3.8, 4) is 11.5 Å². The summed E-state index contributed by atoms with van der Waals surface area (Å²) in [6.45, 7) is 0.859. The van der Waals surface area contributed by atoms with Crippen molar-refractivity contribution in [2.75, 3.05) is 7.11 Å². The van der Waals surface area contributed by atoms with Gasteiger partial charge < -0.3 is 14.8 Å². The molecule has 1 amide bonds. The van der Waals surface area contributed by atoms with E-state index in [-0.39, 0.29) is 5.91 Å². The number of benzene rings is 2. The second kappa shape index (κ2) is 9.92. The summed E-state index contributed by atoms with van der Waals surface area (Å²) in [6.07, 6.45) is 6.61. The maximum Gasteiger partial charge on any atom is 0.244 e. The predicted molar refractivity (Wildman–Crippen MR) is 109 cm³/mol. The van der Waals surface area contributed by atoms with E-state index in [0.717, 1.165) is 16.7 Å². The Morgan fingerprint density at radius 3 is 2.64 bits per heavy atom. The van der Waals surface area contributed by atoms with Crippen molar-refractivity contribution in [3.63, 3.8) is 0 Å². The molecule has 1 aromatic heterocycles. The monoisotopic (exact) mass is 374 g/mol. The topological polar surface area (TPSA) is 60.5 Å². The number of aromatic nitrogens is 1. The van der Waals surface area contributed by atoms with Crippen LogP contribution in [-0.4, -0.2) is 18.0 Å². The number of amides is 1. The van der Waals surface area contributed by atoms with Gasteiger partial charge in [-0.1, -0.05) is 42.5 Å². The van der Waals surface area contributed by atoms with Gasteiger partial charge in [-0.25, -0.2) is 0 Å². The second-order valence-electron chi connectivity index (χ2n) is 6.10. The average molecular weight is 374 g/mol. The number of nitrogens with zero attached hydrogens (tertiary/aromatic N) is 1. The molecule has 0 saturated heterocycles. The first-order valence-corrected chi connectivity index (χ1v) is 8.94. The number of carbonyl (C=O) groups excluding carboxylic acids is 1. The van der Waals surface area contributed by atoms with Crippen molar-refractivity contribution in [3.05, 3.63) is 95.8 Å². The van der Waals surface area contributed by atoms with E-state index in [1.807, 2.05) is 60.7 Å². The molecule has 1 N–H and O–H groups in total. The van der Waals surface area contributed by atoms with Gasteiger partial charge in [0.15, 0.2) is 11.5 Å². The third kappa shape index (κ3) is 5.71. The van der Waals surface area contributed by atoms with Gasteiger partial charge in [0.25, 0.3) is 0 Å². The zero-order valence-corrected chi connectivity index (χ0v) is 15.7. The molecule has 0 radical (unpaired) electrons. The number of hydrogen-bond acceptors (Lipinski definition) is 4. The van der Waals surface area contributed by atoms with E-state index in [1.54, 1.807) is 25.6 Å². The van der Waals surface area contributed by atoms with Crippen LogP contribution in [0.2, 0.25) is 0 Å². The molecule has 0 aliphatic rings. The number of hydrogen-bond donors (Lipinski definition) is 1. The van der Waals surface area contributed by atoms with Crippen LogP contribution in [0.4, 0.5) is 0 Å². The number of carbonyl (C=O) groups is 1. The van der Waals surface area contributed by atoms with Crippen molar-refractivity contribution in [2.24, 2.45) is 0 Å². The highest BCUT2D eigenvalue weighted by Gasteiger charge is 2.07. The van der Waals surface area contributed by atoms with E-state index >= 15 is 0 Å². The first kappa shape index (κ1) is 19.2. The van der Waals surface area contributed by atoms with Gasteiger partial charge in [0.1, 0.15) is 6.61 Å². The van der Waals surface area contributed by atoms with Crippen LogP contribution in [0, 0.1) is 0 Å². The van der Waals surface area contributed by atoms with Crippen molar-refractivity contribution in [1.29, 1.82) is 0 Å². The van der Waals surface area contributed by atoms with Gasteiger partial charge in [0.2, 0.25) is 5.91 Å². The van der Waals surface area contributed by atoms with Crippen molar-refractivity contribution < 1.29 is 14.3 Å². The summed E-state index contributed by atoms with van der Waals surface area (Å²) in [5, 5.41) is 2.86. The Bertz CT molecular complexity index is 925. The lowest BCUT2D eigenvalue weighted by molar-refractivity contribution is -0.116. The number of rotatable bonds is 8. The van der Waals surface area contributed by atoms with Gasteiger partial charge in [-0.15, -0.1) is 0 Å². The van der Waals surface area contributed by atoms with Crippen LogP contribution in [0.15, 0.2) is 79.1 Å². The molecule has 0 aliphatic carbocycles. The molecule has 1 heterocycles. The summed E-state index contributed by atoms with van der Waals surface area (Å²) in [5.74, 6) is 1.12.